The zero-order valence-corrected chi connectivity index (χ0v) is 25.9. The van der Waals surface area contributed by atoms with E-state index in [4.69, 9.17) is 23.9 Å². The lowest BCUT2D eigenvalue weighted by Crippen LogP contribution is -2.25. The third kappa shape index (κ3) is 4.75. The second-order valence-electron chi connectivity index (χ2n) is 10.9. The van der Waals surface area contributed by atoms with Crippen LogP contribution < -0.4 is 23.3 Å². The molecule has 0 atom stereocenters. The maximum Gasteiger partial charge on any atom is 0.219 e. The van der Waals surface area contributed by atoms with E-state index in [1.54, 1.807) is 28.4 Å². The summed E-state index contributed by atoms with van der Waals surface area (Å²) in [6, 6.07) is 35.3. The molecule has 0 aliphatic rings. The van der Waals surface area contributed by atoms with E-state index >= 15 is 0 Å². The molecule has 0 aliphatic carbocycles. The zero-order chi connectivity index (χ0) is 31.1. The van der Waals surface area contributed by atoms with Gasteiger partial charge in [0.25, 0.3) is 0 Å². The van der Waals surface area contributed by atoms with Gasteiger partial charge in [0.2, 0.25) is 5.52 Å². The van der Waals surface area contributed by atoms with Crippen LogP contribution in [0.4, 0.5) is 0 Å². The normalized spacial score (nSPS) is 11.2. The molecule has 0 saturated heterocycles. The van der Waals surface area contributed by atoms with E-state index in [9.17, 15) is 0 Å². The summed E-state index contributed by atoms with van der Waals surface area (Å²) in [4.78, 5) is 5.09. The summed E-state index contributed by atoms with van der Waals surface area (Å²) >= 11 is 0. The van der Waals surface area contributed by atoms with Crippen molar-refractivity contribution in [1.82, 2.24) is 4.98 Å². The Labute approximate surface area is 262 Å². The van der Waals surface area contributed by atoms with Gasteiger partial charge in [0.05, 0.1) is 50.6 Å². The van der Waals surface area contributed by atoms with Gasteiger partial charge in [0.15, 0.2) is 34.9 Å². The van der Waals surface area contributed by atoms with Crippen molar-refractivity contribution in [2.75, 3.05) is 28.4 Å². The Morgan fingerprint density at radius 3 is 1.71 bits per heavy atom. The van der Waals surface area contributed by atoms with Crippen LogP contribution in [0, 0.1) is 6.92 Å². The van der Waals surface area contributed by atoms with Gasteiger partial charge in [0.1, 0.15) is 0 Å². The third-order valence-electron chi connectivity index (χ3n) is 8.48. The van der Waals surface area contributed by atoms with Gasteiger partial charge in [-0.15, -0.1) is 0 Å². The number of methoxy groups -OCH3 is 4. The van der Waals surface area contributed by atoms with Crippen LogP contribution in [-0.4, -0.2) is 33.4 Å². The number of hydrogen-bond acceptors (Lipinski definition) is 5. The SMILES string of the molecule is COc1cc2cc3c4cc(-c5cc(-c6ccccc6)nc(-c6ccccc6)c5)c(OC)c(OC)c4cc[n+]3c(C)c2cc1OC. The van der Waals surface area contributed by atoms with Crippen LogP contribution in [-0.2, 0) is 0 Å². The predicted molar refractivity (Wildman–Crippen MR) is 180 cm³/mol. The largest absolute Gasteiger partial charge is 0.493 e. The Balaban J connectivity index is 1.56. The van der Waals surface area contributed by atoms with Crippen molar-refractivity contribution in [1.29, 1.82) is 0 Å². The van der Waals surface area contributed by atoms with Crippen LogP contribution in [0.25, 0.3) is 60.7 Å². The van der Waals surface area contributed by atoms with E-state index in [1.165, 1.54) is 0 Å². The number of aromatic nitrogens is 2. The molecule has 0 unspecified atom stereocenters. The molecule has 0 amide bonds. The molecule has 0 radical (unpaired) electrons. The minimum atomic E-state index is 0.669. The first-order valence-electron chi connectivity index (χ1n) is 14.8. The number of rotatable bonds is 7. The maximum absolute atomic E-state index is 6.10. The van der Waals surface area contributed by atoms with Gasteiger partial charge in [0, 0.05) is 41.1 Å². The smallest absolute Gasteiger partial charge is 0.219 e. The van der Waals surface area contributed by atoms with Gasteiger partial charge in [-0.25, -0.2) is 4.98 Å². The van der Waals surface area contributed by atoms with Crippen molar-refractivity contribution in [2.24, 2.45) is 0 Å². The number of hydrogen-bond donors (Lipinski definition) is 0. The van der Waals surface area contributed by atoms with Gasteiger partial charge in [-0.05, 0) is 41.3 Å². The van der Waals surface area contributed by atoms with Crippen molar-refractivity contribution in [2.45, 2.75) is 6.92 Å². The highest BCUT2D eigenvalue weighted by Crippen LogP contribution is 2.46. The second-order valence-corrected chi connectivity index (χ2v) is 10.9. The second kappa shape index (κ2) is 11.5. The summed E-state index contributed by atoms with van der Waals surface area (Å²) < 4.78 is 25.7. The lowest BCUT2D eigenvalue weighted by Gasteiger charge is -2.17. The van der Waals surface area contributed by atoms with E-state index in [-0.39, 0.29) is 0 Å². The fraction of sp³-hybridized carbons (Fsp3) is 0.128. The van der Waals surface area contributed by atoms with Crippen LogP contribution in [0.2, 0.25) is 0 Å². The molecule has 3 aromatic heterocycles. The summed E-state index contributed by atoms with van der Waals surface area (Å²) in [7, 11) is 6.71. The van der Waals surface area contributed by atoms with Crippen LogP contribution >= 0.6 is 0 Å². The molecule has 4 aromatic carbocycles. The zero-order valence-electron chi connectivity index (χ0n) is 25.9. The number of benzene rings is 4. The Morgan fingerprint density at radius 1 is 0.533 bits per heavy atom. The molecule has 0 N–H and O–H groups in total. The minimum absolute atomic E-state index is 0.669. The van der Waals surface area contributed by atoms with E-state index < -0.39 is 0 Å². The Hall–Kier alpha value is -5.62. The predicted octanol–water partition coefficient (Wildman–Crippen LogP) is 8.47. The van der Waals surface area contributed by atoms with Crippen molar-refractivity contribution >= 4 is 27.1 Å². The summed E-state index contributed by atoms with van der Waals surface area (Å²) in [5, 5.41) is 4.12. The van der Waals surface area contributed by atoms with Crippen LogP contribution in [0.5, 0.6) is 23.0 Å². The molecule has 7 aromatic rings. The van der Waals surface area contributed by atoms with Crippen molar-refractivity contribution < 1.29 is 23.3 Å². The van der Waals surface area contributed by atoms with Gasteiger partial charge in [-0.1, -0.05) is 60.7 Å². The summed E-state index contributed by atoms with van der Waals surface area (Å²) in [6.45, 7) is 2.12. The van der Waals surface area contributed by atoms with E-state index in [1.807, 2.05) is 48.5 Å². The lowest BCUT2D eigenvalue weighted by molar-refractivity contribution is -0.516. The van der Waals surface area contributed by atoms with Crippen molar-refractivity contribution in [3.63, 3.8) is 0 Å². The molecular weight excluding hydrogens is 560 g/mol. The average Bonchev–Trinajstić information content (AvgIpc) is 3.10. The standard InChI is InChI=1S/C39H33N2O4/c1-24-30-23-37(43-3)36(42-2)21-28(30)20-35-32-22-31(39(45-5)38(44-4)29(32)16-17-41(24)35)27-18-33(25-12-8-6-9-13-25)40-34(19-27)26-14-10-7-11-15-26/h6-23H,1-5H3/q+1. The number of fused-ring (bicyclic) bond motifs is 4. The number of aryl methyl sites for hydroxylation is 1. The number of nitrogens with zero attached hydrogens (tertiary/aromatic N) is 2. The van der Waals surface area contributed by atoms with E-state index in [0.717, 1.165) is 66.4 Å². The molecule has 6 heteroatoms. The molecule has 0 aliphatic heterocycles. The average molecular weight is 594 g/mol. The summed E-state index contributed by atoms with van der Waals surface area (Å²) in [6.07, 6.45) is 2.08. The van der Waals surface area contributed by atoms with Gasteiger partial charge in [-0.3, -0.25) is 0 Å². The molecule has 0 spiro atoms. The highest BCUT2D eigenvalue weighted by Gasteiger charge is 2.24. The summed E-state index contributed by atoms with van der Waals surface area (Å²) in [5.41, 5.74) is 7.84. The molecule has 3 heterocycles. The molecular formula is C39H33N2O4+. The highest BCUT2D eigenvalue weighted by atomic mass is 16.5. The first-order chi connectivity index (χ1) is 22.0. The quantitative estimate of drug-likeness (QED) is 0.105. The van der Waals surface area contributed by atoms with Crippen molar-refractivity contribution in [3.8, 4) is 56.6 Å². The summed E-state index contributed by atoms with van der Waals surface area (Å²) in [5.74, 6) is 2.73. The third-order valence-corrected chi connectivity index (χ3v) is 8.48. The lowest BCUT2D eigenvalue weighted by atomic mass is 9.95. The molecule has 0 bridgehead atoms. The highest BCUT2D eigenvalue weighted by molar-refractivity contribution is 6.05. The first-order valence-corrected chi connectivity index (χ1v) is 14.8. The van der Waals surface area contributed by atoms with Gasteiger partial charge < -0.3 is 18.9 Å². The minimum Gasteiger partial charge on any atom is -0.493 e. The molecule has 6 nitrogen and oxygen atoms in total. The monoisotopic (exact) mass is 593 g/mol. The molecule has 0 saturated carbocycles. The molecule has 0 fully saturated rings. The van der Waals surface area contributed by atoms with E-state index in [2.05, 4.69) is 72.1 Å². The fourth-order valence-corrected chi connectivity index (χ4v) is 6.25. The molecule has 45 heavy (non-hydrogen) atoms. The first kappa shape index (κ1) is 28.2. The Kier molecular flexibility index (Phi) is 7.18. The number of pyridine rings is 3. The van der Waals surface area contributed by atoms with Crippen LogP contribution in [0.15, 0.2) is 109 Å². The Morgan fingerprint density at radius 2 is 1.13 bits per heavy atom. The topological polar surface area (TPSA) is 53.9 Å². The fourth-order valence-electron chi connectivity index (χ4n) is 6.25. The molecule has 7 rings (SSSR count). The van der Waals surface area contributed by atoms with Crippen LogP contribution in [0.3, 0.4) is 0 Å². The van der Waals surface area contributed by atoms with E-state index in [0.29, 0.717) is 23.0 Å². The Bertz CT molecular complexity index is 2160. The maximum atomic E-state index is 6.10. The molecule has 222 valence electrons. The number of ether oxygens (including phenoxy) is 4. The van der Waals surface area contributed by atoms with Gasteiger partial charge in [-0.2, -0.15) is 4.40 Å². The van der Waals surface area contributed by atoms with Crippen molar-refractivity contribution in [3.05, 3.63) is 115 Å². The van der Waals surface area contributed by atoms with Crippen LogP contribution in [0.1, 0.15) is 5.69 Å². The van der Waals surface area contributed by atoms with Gasteiger partial charge >= 0.3 is 0 Å².